The molecule has 1 unspecified atom stereocenters. The van der Waals surface area contributed by atoms with Gasteiger partial charge in [0.1, 0.15) is 4.88 Å². The van der Waals surface area contributed by atoms with E-state index in [9.17, 15) is 9.59 Å². The van der Waals surface area contributed by atoms with E-state index in [0.717, 1.165) is 0 Å². The van der Waals surface area contributed by atoms with Crippen LogP contribution in [0.1, 0.15) is 23.5 Å². The van der Waals surface area contributed by atoms with Crippen LogP contribution in [0.5, 0.6) is 0 Å². The van der Waals surface area contributed by atoms with Gasteiger partial charge in [0.15, 0.2) is 0 Å². The maximum absolute atomic E-state index is 11.5. The molecule has 0 radical (unpaired) electrons. The average Bonchev–Trinajstić information content (AvgIpc) is 2.69. The number of nitrogens with zero attached hydrogens (tertiary/aromatic N) is 1. The van der Waals surface area contributed by atoms with Crippen LogP contribution in [0.4, 0.5) is 0 Å². The molecule has 0 aliphatic rings. The SMILES string of the molecule is CC(C)C(CNC(=O)c1cncs1)C(=O)O. The number of carboxylic acids is 1. The Morgan fingerprint density at radius 2 is 2.25 bits per heavy atom. The predicted molar refractivity (Wildman–Crippen MR) is 60.4 cm³/mol. The smallest absolute Gasteiger partial charge is 0.308 e. The summed E-state index contributed by atoms with van der Waals surface area (Å²) in [7, 11) is 0. The Labute approximate surface area is 97.5 Å². The van der Waals surface area contributed by atoms with Crippen molar-refractivity contribution in [2.24, 2.45) is 11.8 Å². The highest BCUT2D eigenvalue weighted by atomic mass is 32.1. The number of thiazole rings is 1. The number of carbonyl (C=O) groups excluding carboxylic acids is 1. The van der Waals surface area contributed by atoms with Gasteiger partial charge in [-0.1, -0.05) is 13.8 Å². The molecule has 2 N–H and O–H groups in total. The zero-order chi connectivity index (χ0) is 12.1. The molecular formula is C10H14N2O3S. The van der Waals surface area contributed by atoms with Crippen LogP contribution < -0.4 is 5.32 Å². The molecule has 5 nitrogen and oxygen atoms in total. The third-order valence-electron chi connectivity index (χ3n) is 2.26. The minimum absolute atomic E-state index is 0.0146. The third-order valence-corrected chi connectivity index (χ3v) is 3.03. The van der Waals surface area contributed by atoms with E-state index in [4.69, 9.17) is 5.11 Å². The lowest BCUT2D eigenvalue weighted by Gasteiger charge is -2.16. The van der Waals surface area contributed by atoms with E-state index in [1.165, 1.54) is 17.5 Å². The molecule has 6 heteroatoms. The van der Waals surface area contributed by atoms with Crippen molar-refractivity contribution in [3.63, 3.8) is 0 Å². The number of carbonyl (C=O) groups is 2. The monoisotopic (exact) mass is 242 g/mol. The fourth-order valence-corrected chi connectivity index (χ4v) is 1.76. The lowest BCUT2D eigenvalue weighted by Crippen LogP contribution is -2.35. The van der Waals surface area contributed by atoms with Crippen molar-refractivity contribution in [2.75, 3.05) is 6.54 Å². The molecule has 0 saturated carbocycles. The second kappa shape index (κ2) is 5.60. The summed E-state index contributed by atoms with van der Waals surface area (Å²) in [6, 6.07) is 0. The fourth-order valence-electron chi connectivity index (χ4n) is 1.23. The van der Waals surface area contributed by atoms with Gasteiger partial charge in [0.2, 0.25) is 0 Å². The Morgan fingerprint density at radius 1 is 1.56 bits per heavy atom. The standard InChI is InChI=1S/C10H14N2O3S/c1-6(2)7(10(14)15)3-12-9(13)8-4-11-5-16-8/h4-7H,3H2,1-2H3,(H,12,13)(H,14,15). The van der Waals surface area contributed by atoms with E-state index in [1.807, 2.05) is 13.8 Å². The molecule has 1 aromatic rings. The first-order valence-corrected chi connectivity index (χ1v) is 5.79. The Balaban J connectivity index is 2.50. The quantitative estimate of drug-likeness (QED) is 0.814. The molecule has 16 heavy (non-hydrogen) atoms. The highest BCUT2D eigenvalue weighted by Crippen LogP contribution is 2.11. The van der Waals surface area contributed by atoms with E-state index in [1.54, 1.807) is 5.51 Å². The van der Waals surface area contributed by atoms with Crippen LogP contribution in [0.2, 0.25) is 0 Å². The van der Waals surface area contributed by atoms with E-state index in [2.05, 4.69) is 10.3 Å². The molecule has 0 aromatic carbocycles. The van der Waals surface area contributed by atoms with Crippen LogP contribution >= 0.6 is 11.3 Å². The highest BCUT2D eigenvalue weighted by Gasteiger charge is 2.22. The molecule has 1 aromatic heterocycles. The number of hydrogen-bond donors (Lipinski definition) is 2. The van der Waals surface area contributed by atoms with Crippen molar-refractivity contribution >= 4 is 23.2 Å². The number of aliphatic carboxylic acids is 1. The molecule has 1 heterocycles. The van der Waals surface area contributed by atoms with Crippen LogP contribution in [0.25, 0.3) is 0 Å². The zero-order valence-corrected chi connectivity index (χ0v) is 9.95. The van der Waals surface area contributed by atoms with Crippen molar-refractivity contribution in [1.29, 1.82) is 0 Å². The second-order valence-electron chi connectivity index (χ2n) is 3.76. The first kappa shape index (κ1) is 12.6. The van der Waals surface area contributed by atoms with Crippen molar-refractivity contribution in [2.45, 2.75) is 13.8 Å². The summed E-state index contributed by atoms with van der Waals surface area (Å²) in [5.41, 5.74) is 1.56. The maximum Gasteiger partial charge on any atom is 0.308 e. The number of rotatable bonds is 5. The van der Waals surface area contributed by atoms with Gasteiger partial charge in [0.25, 0.3) is 5.91 Å². The minimum Gasteiger partial charge on any atom is -0.481 e. The fraction of sp³-hybridized carbons (Fsp3) is 0.500. The Bertz CT molecular complexity index is 362. The first-order chi connectivity index (χ1) is 7.52. The highest BCUT2D eigenvalue weighted by molar-refractivity contribution is 7.11. The van der Waals surface area contributed by atoms with Crippen LogP contribution in [0.15, 0.2) is 11.7 Å². The molecule has 1 atom stereocenters. The van der Waals surface area contributed by atoms with Gasteiger partial charge in [-0.25, -0.2) is 0 Å². The minimum atomic E-state index is -0.889. The van der Waals surface area contributed by atoms with Crippen molar-refractivity contribution in [1.82, 2.24) is 10.3 Å². The number of hydrogen-bond acceptors (Lipinski definition) is 4. The van der Waals surface area contributed by atoms with Crippen molar-refractivity contribution in [3.05, 3.63) is 16.6 Å². The Morgan fingerprint density at radius 3 is 2.69 bits per heavy atom. The summed E-state index contributed by atoms with van der Waals surface area (Å²) in [5, 5.41) is 11.5. The summed E-state index contributed by atoms with van der Waals surface area (Å²) in [6.45, 7) is 3.78. The topological polar surface area (TPSA) is 79.3 Å². The molecule has 0 aliphatic carbocycles. The summed E-state index contributed by atoms with van der Waals surface area (Å²) in [5.74, 6) is -1.73. The predicted octanol–water partition coefficient (Wildman–Crippen LogP) is 1.23. The summed E-state index contributed by atoms with van der Waals surface area (Å²) in [4.78, 5) is 26.7. The van der Waals surface area contributed by atoms with Gasteiger partial charge in [0.05, 0.1) is 17.6 Å². The molecule has 1 rings (SSSR count). The molecule has 0 saturated heterocycles. The molecule has 0 spiro atoms. The van der Waals surface area contributed by atoms with Crippen molar-refractivity contribution in [3.8, 4) is 0 Å². The number of amides is 1. The average molecular weight is 242 g/mol. The molecule has 88 valence electrons. The van der Waals surface area contributed by atoms with Gasteiger partial charge >= 0.3 is 5.97 Å². The number of nitrogens with one attached hydrogen (secondary N) is 1. The zero-order valence-electron chi connectivity index (χ0n) is 9.14. The normalized spacial score (nSPS) is 12.4. The molecular weight excluding hydrogens is 228 g/mol. The van der Waals surface area contributed by atoms with Crippen molar-refractivity contribution < 1.29 is 14.7 Å². The molecule has 0 bridgehead atoms. The number of carboxylic acid groups (broad SMARTS) is 1. The van der Waals surface area contributed by atoms with Gasteiger partial charge in [-0.05, 0) is 5.92 Å². The van der Waals surface area contributed by atoms with Gasteiger partial charge < -0.3 is 10.4 Å². The van der Waals surface area contributed by atoms with Gasteiger partial charge in [-0.2, -0.15) is 0 Å². The van der Waals surface area contributed by atoms with Gasteiger partial charge in [0, 0.05) is 6.54 Å². The molecule has 1 amide bonds. The van der Waals surface area contributed by atoms with Crippen LogP contribution in [-0.2, 0) is 4.79 Å². The maximum atomic E-state index is 11.5. The lowest BCUT2D eigenvalue weighted by molar-refractivity contribution is -0.142. The van der Waals surface area contributed by atoms with Gasteiger partial charge in [-0.15, -0.1) is 11.3 Å². The third kappa shape index (κ3) is 3.30. The van der Waals surface area contributed by atoms with Crippen LogP contribution in [0.3, 0.4) is 0 Å². The first-order valence-electron chi connectivity index (χ1n) is 4.92. The summed E-state index contributed by atoms with van der Waals surface area (Å²) in [6.07, 6.45) is 1.46. The van der Waals surface area contributed by atoms with E-state index < -0.39 is 11.9 Å². The second-order valence-corrected chi connectivity index (χ2v) is 4.65. The van der Waals surface area contributed by atoms with E-state index in [0.29, 0.717) is 4.88 Å². The largest absolute Gasteiger partial charge is 0.481 e. The lowest BCUT2D eigenvalue weighted by atomic mass is 9.96. The molecule has 0 aliphatic heterocycles. The summed E-state index contributed by atoms with van der Waals surface area (Å²) >= 11 is 1.23. The van der Waals surface area contributed by atoms with Crippen LogP contribution in [-0.4, -0.2) is 28.5 Å². The Kier molecular flexibility index (Phi) is 4.42. The summed E-state index contributed by atoms with van der Waals surface area (Å²) < 4.78 is 0. The Hall–Kier alpha value is -1.43. The number of aromatic nitrogens is 1. The molecule has 0 fully saturated rings. The van der Waals surface area contributed by atoms with E-state index >= 15 is 0 Å². The van der Waals surface area contributed by atoms with Crippen LogP contribution in [0, 0.1) is 11.8 Å². The van der Waals surface area contributed by atoms with E-state index in [-0.39, 0.29) is 18.4 Å². The van der Waals surface area contributed by atoms with Gasteiger partial charge in [-0.3, -0.25) is 14.6 Å².